The maximum absolute atomic E-state index is 14.2. The van der Waals surface area contributed by atoms with Crippen molar-refractivity contribution in [2.75, 3.05) is 26.2 Å². The lowest BCUT2D eigenvalue weighted by Gasteiger charge is -2.21. The molecule has 0 aliphatic carbocycles. The molecule has 1 atom stereocenters. The molecule has 1 aliphatic heterocycles. The molecular formula is C17H23FN2O5S. The number of alkyl halides is 1. The summed E-state index contributed by atoms with van der Waals surface area (Å²) in [6, 6.07) is 4.28. The van der Waals surface area contributed by atoms with Gasteiger partial charge in [-0.15, -0.1) is 0 Å². The second-order valence-corrected chi connectivity index (χ2v) is 8.22. The lowest BCUT2D eigenvalue weighted by atomic mass is 10.1. The molecule has 26 heavy (non-hydrogen) atoms. The van der Waals surface area contributed by atoms with E-state index in [9.17, 15) is 22.4 Å². The summed E-state index contributed by atoms with van der Waals surface area (Å²) in [5.74, 6) is -2.18. The molecule has 9 heteroatoms. The maximum atomic E-state index is 14.2. The number of rotatable bonds is 6. The van der Waals surface area contributed by atoms with Crippen LogP contribution in [0.3, 0.4) is 0 Å². The average Bonchev–Trinajstić information content (AvgIpc) is 2.99. The molecule has 2 rings (SSSR count). The van der Waals surface area contributed by atoms with Crippen LogP contribution < -0.4 is 0 Å². The van der Waals surface area contributed by atoms with E-state index in [4.69, 9.17) is 5.11 Å². The Morgan fingerprint density at radius 2 is 1.92 bits per heavy atom. The Hall–Kier alpha value is -2.00. The molecule has 1 heterocycles. The Balaban J connectivity index is 2.36. The first kappa shape index (κ1) is 20.3. The molecular weight excluding hydrogens is 363 g/mol. The van der Waals surface area contributed by atoms with E-state index in [1.165, 1.54) is 22.5 Å². The predicted octanol–water partition coefficient (Wildman–Crippen LogP) is 1.66. The van der Waals surface area contributed by atoms with Crippen molar-refractivity contribution >= 4 is 21.9 Å². The zero-order valence-corrected chi connectivity index (χ0v) is 15.8. The van der Waals surface area contributed by atoms with E-state index < -0.39 is 34.1 Å². The number of sulfonamides is 1. The molecule has 1 fully saturated rings. The minimum Gasteiger partial charge on any atom is -0.479 e. The van der Waals surface area contributed by atoms with E-state index in [2.05, 4.69) is 0 Å². The Kier molecular flexibility index (Phi) is 5.72. The van der Waals surface area contributed by atoms with Gasteiger partial charge in [0, 0.05) is 31.6 Å². The molecule has 0 saturated carbocycles. The van der Waals surface area contributed by atoms with Crippen molar-refractivity contribution in [3.8, 4) is 0 Å². The van der Waals surface area contributed by atoms with Crippen LogP contribution in [-0.4, -0.2) is 66.5 Å². The zero-order valence-electron chi connectivity index (χ0n) is 15.0. The number of carboxylic acids is 1. The van der Waals surface area contributed by atoms with E-state index in [0.29, 0.717) is 18.7 Å². The molecule has 1 N–H and O–H groups in total. The van der Waals surface area contributed by atoms with Crippen molar-refractivity contribution in [3.05, 3.63) is 29.3 Å². The SMILES string of the molecule is CCN(CC)S(=O)(=O)c1cc(C(=O)N2CCC(F)(C(=O)O)C2)ccc1C. The standard InChI is InChI=1S/C17H23FN2O5S/c1-4-20(5-2)26(24,25)14-10-13(7-6-12(14)3)15(21)19-9-8-17(18,11-19)16(22)23/h6-7,10H,4-5,8-9,11H2,1-3H3,(H,22,23). The molecule has 1 aliphatic rings. The number of hydrogen-bond acceptors (Lipinski definition) is 4. The van der Waals surface area contributed by atoms with E-state index in [0.717, 1.165) is 4.90 Å². The summed E-state index contributed by atoms with van der Waals surface area (Å²) in [5.41, 5.74) is -1.87. The summed E-state index contributed by atoms with van der Waals surface area (Å²) >= 11 is 0. The van der Waals surface area contributed by atoms with Gasteiger partial charge >= 0.3 is 5.97 Å². The number of benzene rings is 1. The normalized spacial score (nSPS) is 20.6. The quantitative estimate of drug-likeness (QED) is 0.802. The van der Waals surface area contributed by atoms with Gasteiger partial charge in [-0.3, -0.25) is 4.79 Å². The summed E-state index contributed by atoms with van der Waals surface area (Å²) in [6.45, 7) is 5.10. The number of nitrogens with zero attached hydrogens (tertiary/aromatic N) is 2. The molecule has 1 saturated heterocycles. The van der Waals surface area contributed by atoms with Crippen LogP contribution in [0.1, 0.15) is 36.2 Å². The van der Waals surface area contributed by atoms with Gasteiger partial charge in [-0.05, 0) is 24.6 Å². The first-order chi connectivity index (χ1) is 12.1. The molecule has 0 spiro atoms. The third-order valence-electron chi connectivity index (χ3n) is 4.65. The Bertz CT molecular complexity index is 822. The number of carbonyl (C=O) groups is 2. The van der Waals surface area contributed by atoms with Gasteiger partial charge in [0.2, 0.25) is 15.7 Å². The van der Waals surface area contributed by atoms with Crippen molar-refractivity contribution in [3.63, 3.8) is 0 Å². The summed E-state index contributed by atoms with van der Waals surface area (Å²) < 4.78 is 41.0. The minimum absolute atomic E-state index is 0.0241. The van der Waals surface area contributed by atoms with Crippen molar-refractivity contribution in [1.82, 2.24) is 9.21 Å². The van der Waals surface area contributed by atoms with Crippen molar-refractivity contribution < 1.29 is 27.5 Å². The fourth-order valence-corrected chi connectivity index (χ4v) is 4.73. The third kappa shape index (κ3) is 3.59. The highest BCUT2D eigenvalue weighted by Crippen LogP contribution is 2.28. The number of aliphatic carboxylic acids is 1. The van der Waals surface area contributed by atoms with Gasteiger partial charge in [-0.25, -0.2) is 17.6 Å². The van der Waals surface area contributed by atoms with Crippen molar-refractivity contribution in [2.45, 2.75) is 37.8 Å². The molecule has 1 unspecified atom stereocenters. The zero-order chi connectivity index (χ0) is 19.7. The molecule has 1 amide bonds. The fraction of sp³-hybridized carbons (Fsp3) is 0.529. The average molecular weight is 386 g/mol. The number of amides is 1. The molecule has 144 valence electrons. The highest BCUT2D eigenvalue weighted by Gasteiger charge is 2.47. The van der Waals surface area contributed by atoms with Crippen LogP contribution in [0.15, 0.2) is 23.1 Å². The third-order valence-corrected chi connectivity index (χ3v) is 6.84. The largest absolute Gasteiger partial charge is 0.479 e. The highest BCUT2D eigenvalue weighted by atomic mass is 32.2. The van der Waals surface area contributed by atoms with Crippen LogP contribution in [0.4, 0.5) is 4.39 Å². The number of hydrogen-bond donors (Lipinski definition) is 1. The molecule has 1 aromatic carbocycles. The lowest BCUT2D eigenvalue weighted by Crippen LogP contribution is -2.39. The number of likely N-dealkylation sites (tertiary alicyclic amines) is 1. The number of carboxylic acid groups (broad SMARTS) is 1. The van der Waals surface area contributed by atoms with Gasteiger partial charge in [-0.1, -0.05) is 19.9 Å². The molecule has 7 nitrogen and oxygen atoms in total. The van der Waals surface area contributed by atoms with E-state index in [1.54, 1.807) is 20.8 Å². The van der Waals surface area contributed by atoms with Crippen LogP contribution in [0.25, 0.3) is 0 Å². The smallest absolute Gasteiger partial charge is 0.343 e. The van der Waals surface area contributed by atoms with Gasteiger partial charge in [-0.2, -0.15) is 4.31 Å². The maximum Gasteiger partial charge on any atom is 0.343 e. The fourth-order valence-electron chi connectivity index (χ4n) is 3.02. The summed E-state index contributed by atoms with van der Waals surface area (Å²) in [7, 11) is -3.75. The second kappa shape index (κ2) is 7.32. The first-order valence-corrected chi connectivity index (χ1v) is 9.83. The van der Waals surface area contributed by atoms with E-state index in [-0.39, 0.29) is 23.4 Å². The predicted molar refractivity (Wildman–Crippen MR) is 93.3 cm³/mol. The molecule has 0 bridgehead atoms. The van der Waals surface area contributed by atoms with Crippen LogP contribution in [0.2, 0.25) is 0 Å². The highest BCUT2D eigenvalue weighted by molar-refractivity contribution is 7.89. The summed E-state index contributed by atoms with van der Waals surface area (Å²) in [4.78, 5) is 24.7. The summed E-state index contributed by atoms with van der Waals surface area (Å²) in [5, 5.41) is 8.95. The number of carbonyl (C=O) groups excluding carboxylic acids is 1. The van der Waals surface area contributed by atoms with Crippen LogP contribution >= 0.6 is 0 Å². The Labute approximate surface area is 152 Å². The number of aryl methyl sites for hydroxylation is 1. The van der Waals surface area contributed by atoms with Gasteiger partial charge in [0.15, 0.2) is 0 Å². The van der Waals surface area contributed by atoms with Crippen LogP contribution in [0, 0.1) is 6.92 Å². The Morgan fingerprint density at radius 3 is 2.42 bits per heavy atom. The van der Waals surface area contributed by atoms with Crippen molar-refractivity contribution in [1.29, 1.82) is 0 Å². The van der Waals surface area contributed by atoms with E-state index in [1.807, 2.05) is 0 Å². The summed E-state index contributed by atoms with van der Waals surface area (Å²) in [6.07, 6.45) is -0.287. The number of halogens is 1. The molecule has 1 aromatic rings. The van der Waals surface area contributed by atoms with Crippen LogP contribution in [-0.2, 0) is 14.8 Å². The monoisotopic (exact) mass is 386 g/mol. The topological polar surface area (TPSA) is 95.0 Å². The lowest BCUT2D eigenvalue weighted by molar-refractivity contribution is -0.149. The second-order valence-electron chi connectivity index (χ2n) is 6.32. The van der Waals surface area contributed by atoms with Gasteiger partial charge in [0.25, 0.3) is 5.91 Å². The van der Waals surface area contributed by atoms with Gasteiger partial charge < -0.3 is 10.0 Å². The molecule has 0 radical (unpaired) electrons. The Morgan fingerprint density at radius 1 is 1.31 bits per heavy atom. The van der Waals surface area contributed by atoms with Gasteiger partial charge in [0.1, 0.15) is 0 Å². The first-order valence-electron chi connectivity index (χ1n) is 8.39. The van der Waals surface area contributed by atoms with Crippen LogP contribution in [0.5, 0.6) is 0 Å². The molecule has 0 aromatic heterocycles. The minimum atomic E-state index is -3.75. The van der Waals surface area contributed by atoms with Crippen molar-refractivity contribution in [2.24, 2.45) is 0 Å². The van der Waals surface area contributed by atoms with E-state index >= 15 is 0 Å². The van der Waals surface area contributed by atoms with Gasteiger partial charge in [0.05, 0.1) is 11.4 Å².